The third kappa shape index (κ3) is 2.57. The number of nitrogens with one attached hydrogen (secondary N) is 1. The van der Waals surface area contributed by atoms with Crippen molar-refractivity contribution in [1.82, 2.24) is 15.2 Å². The zero-order valence-corrected chi connectivity index (χ0v) is 13.9. The van der Waals surface area contributed by atoms with E-state index in [1.54, 1.807) is 22.7 Å². The highest BCUT2D eigenvalue weighted by Crippen LogP contribution is 2.35. The van der Waals surface area contributed by atoms with Crippen molar-refractivity contribution in [2.24, 2.45) is 11.8 Å². The van der Waals surface area contributed by atoms with Crippen molar-refractivity contribution < 1.29 is 0 Å². The molecule has 21 heavy (non-hydrogen) atoms. The highest BCUT2D eigenvalue weighted by atomic mass is 32.1. The van der Waals surface area contributed by atoms with Crippen LogP contribution in [0.5, 0.6) is 0 Å². The molecular weight excluding hydrogens is 298 g/mol. The van der Waals surface area contributed by atoms with Gasteiger partial charge in [-0.3, -0.25) is 4.90 Å². The van der Waals surface area contributed by atoms with E-state index in [9.17, 15) is 0 Å². The first-order valence-corrected chi connectivity index (χ1v) is 9.59. The minimum Gasteiger partial charge on any atom is -0.316 e. The Morgan fingerprint density at radius 1 is 1.38 bits per heavy atom. The molecule has 1 N–H and O–H groups in total. The highest BCUT2D eigenvalue weighted by Gasteiger charge is 2.43. The van der Waals surface area contributed by atoms with Gasteiger partial charge >= 0.3 is 0 Å². The second-order valence-corrected chi connectivity index (χ2v) is 7.78. The molecule has 3 nitrogen and oxygen atoms in total. The van der Waals surface area contributed by atoms with Gasteiger partial charge in [0, 0.05) is 35.5 Å². The number of fused-ring (bicyclic) bond motifs is 1. The molecule has 5 heteroatoms. The zero-order chi connectivity index (χ0) is 14.2. The smallest absolute Gasteiger partial charge is 0.124 e. The zero-order valence-electron chi connectivity index (χ0n) is 12.3. The SMILES string of the molecule is CCC1C2CNCC2CN1Cc1csc(-c2ccsc2)n1. The lowest BCUT2D eigenvalue weighted by molar-refractivity contribution is 0.208. The summed E-state index contributed by atoms with van der Waals surface area (Å²) in [6.07, 6.45) is 1.25. The molecule has 0 aliphatic carbocycles. The van der Waals surface area contributed by atoms with E-state index in [4.69, 9.17) is 4.98 Å². The van der Waals surface area contributed by atoms with Gasteiger partial charge in [-0.25, -0.2) is 4.98 Å². The molecule has 0 amide bonds. The van der Waals surface area contributed by atoms with Gasteiger partial charge in [0.2, 0.25) is 0 Å². The lowest BCUT2D eigenvalue weighted by Crippen LogP contribution is -2.34. The Hall–Kier alpha value is -0.750. The van der Waals surface area contributed by atoms with Crippen molar-refractivity contribution in [3.05, 3.63) is 27.9 Å². The summed E-state index contributed by atoms with van der Waals surface area (Å²) in [6.45, 7) is 7.00. The molecule has 0 bridgehead atoms. The van der Waals surface area contributed by atoms with Crippen LogP contribution in [0.1, 0.15) is 19.0 Å². The van der Waals surface area contributed by atoms with Gasteiger partial charge in [0.15, 0.2) is 0 Å². The van der Waals surface area contributed by atoms with Crippen LogP contribution in [0.15, 0.2) is 22.2 Å². The average molecular weight is 319 g/mol. The van der Waals surface area contributed by atoms with Crippen LogP contribution < -0.4 is 5.32 Å². The van der Waals surface area contributed by atoms with Crippen LogP contribution in [0, 0.1) is 11.8 Å². The molecular formula is C16H21N3S2. The number of thiophene rings is 1. The number of thiazole rings is 1. The van der Waals surface area contributed by atoms with E-state index in [2.05, 4.69) is 39.3 Å². The maximum atomic E-state index is 4.85. The van der Waals surface area contributed by atoms with Crippen molar-refractivity contribution >= 4 is 22.7 Å². The maximum absolute atomic E-state index is 4.85. The largest absolute Gasteiger partial charge is 0.316 e. The van der Waals surface area contributed by atoms with Crippen molar-refractivity contribution in [2.45, 2.75) is 25.9 Å². The molecule has 4 rings (SSSR count). The lowest BCUT2D eigenvalue weighted by Gasteiger charge is -2.25. The monoisotopic (exact) mass is 319 g/mol. The van der Waals surface area contributed by atoms with Crippen molar-refractivity contribution in [2.75, 3.05) is 19.6 Å². The summed E-state index contributed by atoms with van der Waals surface area (Å²) in [5.41, 5.74) is 2.51. The molecule has 3 unspecified atom stereocenters. The van der Waals surface area contributed by atoms with E-state index in [1.807, 2.05) is 0 Å². The van der Waals surface area contributed by atoms with E-state index >= 15 is 0 Å². The normalized spacial score (nSPS) is 29.1. The lowest BCUT2D eigenvalue weighted by atomic mass is 9.93. The minimum absolute atomic E-state index is 0.733. The van der Waals surface area contributed by atoms with Gasteiger partial charge in [-0.1, -0.05) is 6.92 Å². The molecule has 2 aromatic heterocycles. The second kappa shape index (κ2) is 5.80. The predicted molar refractivity (Wildman–Crippen MR) is 89.8 cm³/mol. The van der Waals surface area contributed by atoms with Gasteiger partial charge in [0.1, 0.15) is 5.01 Å². The van der Waals surface area contributed by atoms with Gasteiger partial charge in [0.25, 0.3) is 0 Å². The van der Waals surface area contributed by atoms with Crippen LogP contribution in [0.2, 0.25) is 0 Å². The molecule has 2 fully saturated rings. The number of likely N-dealkylation sites (tertiary alicyclic amines) is 1. The Bertz CT molecular complexity index is 592. The minimum atomic E-state index is 0.733. The quantitative estimate of drug-likeness (QED) is 0.937. The number of nitrogens with zero attached hydrogens (tertiary/aromatic N) is 2. The van der Waals surface area contributed by atoms with Crippen LogP contribution in [-0.2, 0) is 6.54 Å². The molecule has 0 spiro atoms. The molecule has 2 aliphatic rings. The number of aromatic nitrogens is 1. The van der Waals surface area contributed by atoms with Gasteiger partial charge < -0.3 is 5.32 Å². The fourth-order valence-electron chi connectivity index (χ4n) is 3.96. The molecule has 0 radical (unpaired) electrons. The summed E-state index contributed by atoms with van der Waals surface area (Å²) < 4.78 is 0. The van der Waals surface area contributed by atoms with Crippen LogP contribution in [0.4, 0.5) is 0 Å². The Morgan fingerprint density at radius 3 is 3.14 bits per heavy atom. The Morgan fingerprint density at radius 2 is 2.33 bits per heavy atom. The van der Waals surface area contributed by atoms with Gasteiger partial charge in [-0.05, 0) is 42.8 Å². The van der Waals surface area contributed by atoms with Crippen LogP contribution in [0.25, 0.3) is 10.6 Å². The van der Waals surface area contributed by atoms with Crippen LogP contribution >= 0.6 is 22.7 Å². The topological polar surface area (TPSA) is 28.2 Å². The summed E-state index contributed by atoms with van der Waals surface area (Å²) in [5.74, 6) is 1.70. The fourth-order valence-corrected chi connectivity index (χ4v) is 5.48. The Kier molecular flexibility index (Phi) is 3.83. The first kappa shape index (κ1) is 13.9. The second-order valence-electron chi connectivity index (χ2n) is 6.14. The van der Waals surface area contributed by atoms with E-state index in [1.165, 1.54) is 42.3 Å². The Balaban J connectivity index is 1.48. The molecule has 2 saturated heterocycles. The highest BCUT2D eigenvalue weighted by molar-refractivity contribution is 7.14. The molecule has 4 heterocycles. The third-order valence-corrected chi connectivity index (χ3v) is 6.55. The average Bonchev–Trinajstić information content (AvgIpc) is 3.23. The summed E-state index contributed by atoms with van der Waals surface area (Å²) in [7, 11) is 0. The number of hydrogen-bond donors (Lipinski definition) is 1. The standard InChI is InChI=1S/C16H21N3S2/c1-2-15-14-6-17-5-12(14)7-19(15)8-13-10-21-16(18-13)11-3-4-20-9-11/h3-4,9-10,12,14-15,17H,2,5-8H2,1H3. The van der Waals surface area contributed by atoms with Crippen molar-refractivity contribution in [3.63, 3.8) is 0 Å². The first-order valence-electron chi connectivity index (χ1n) is 7.77. The van der Waals surface area contributed by atoms with E-state index in [0.717, 1.165) is 24.4 Å². The van der Waals surface area contributed by atoms with Gasteiger partial charge in [-0.2, -0.15) is 11.3 Å². The predicted octanol–water partition coefficient (Wildman–Crippen LogP) is 3.30. The number of hydrogen-bond acceptors (Lipinski definition) is 5. The fraction of sp³-hybridized carbons (Fsp3) is 0.562. The summed E-state index contributed by atoms with van der Waals surface area (Å²) in [6, 6.07) is 2.89. The molecule has 112 valence electrons. The number of rotatable bonds is 4. The van der Waals surface area contributed by atoms with Crippen molar-refractivity contribution in [3.8, 4) is 10.6 Å². The van der Waals surface area contributed by atoms with E-state index in [-0.39, 0.29) is 0 Å². The molecule has 2 aromatic rings. The van der Waals surface area contributed by atoms with E-state index in [0.29, 0.717) is 0 Å². The Labute approximate surface area is 134 Å². The van der Waals surface area contributed by atoms with Gasteiger partial charge in [0.05, 0.1) is 5.69 Å². The summed E-state index contributed by atoms with van der Waals surface area (Å²) in [4.78, 5) is 7.52. The van der Waals surface area contributed by atoms with Crippen LogP contribution in [0.3, 0.4) is 0 Å². The summed E-state index contributed by atoms with van der Waals surface area (Å²) >= 11 is 3.52. The summed E-state index contributed by atoms with van der Waals surface area (Å²) in [5, 5.41) is 11.3. The first-order chi connectivity index (χ1) is 10.3. The molecule has 0 aromatic carbocycles. The third-order valence-electron chi connectivity index (χ3n) is 4.93. The maximum Gasteiger partial charge on any atom is 0.124 e. The molecule has 3 atom stereocenters. The van der Waals surface area contributed by atoms with E-state index < -0.39 is 0 Å². The molecule has 2 aliphatic heterocycles. The van der Waals surface area contributed by atoms with Crippen molar-refractivity contribution in [1.29, 1.82) is 0 Å². The van der Waals surface area contributed by atoms with Gasteiger partial charge in [-0.15, -0.1) is 11.3 Å². The molecule has 0 saturated carbocycles. The van der Waals surface area contributed by atoms with Crippen LogP contribution in [-0.4, -0.2) is 35.6 Å².